The van der Waals surface area contributed by atoms with Crippen molar-refractivity contribution in [3.8, 4) is 5.75 Å². The van der Waals surface area contributed by atoms with Crippen LogP contribution in [0.25, 0.3) is 0 Å². The van der Waals surface area contributed by atoms with Crippen LogP contribution in [0.4, 0.5) is 0 Å². The first-order valence-electron chi connectivity index (χ1n) is 6.39. The van der Waals surface area contributed by atoms with Crippen LogP contribution < -0.4 is 10.5 Å². The highest BCUT2D eigenvalue weighted by molar-refractivity contribution is 5.38. The van der Waals surface area contributed by atoms with E-state index in [1.807, 2.05) is 6.07 Å². The molecule has 0 radical (unpaired) electrons. The monoisotopic (exact) mass is 261 g/mol. The molecular weight excluding hydrogens is 242 g/mol. The lowest BCUT2D eigenvalue weighted by molar-refractivity contribution is 0.410. The minimum Gasteiger partial charge on any atom is -0.496 e. The van der Waals surface area contributed by atoms with Crippen LogP contribution in [0.1, 0.15) is 23.9 Å². The zero-order chi connectivity index (χ0) is 13.7. The van der Waals surface area contributed by atoms with Crippen LogP contribution in [-0.2, 0) is 19.4 Å². The SMILES string of the molecule is CCc1ccc(OC)c(Cc2nnn(CCN)n2)c1. The molecule has 0 aliphatic heterocycles. The van der Waals surface area contributed by atoms with Gasteiger partial charge in [-0.2, -0.15) is 4.80 Å². The fraction of sp³-hybridized carbons (Fsp3) is 0.462. The molecule has 19 heavy (non-hydrogen) atoms. The Bertz CT molecular complexity index is 538. The van der Waals surface area contributed by atoms with Crippen molar-refractivity contribution >= 4 is 0 Å². The van der Waals surface area contributed by atoms with Gasteiger partial charge in [-0.1, -0.05) is 19.1 Å². The van der Waals surface area contributed by atoms with Gasteiger partial charge in [0.2, 0.25) is 0 Å². The summed E-state index contributed by atoms with van der Waals surface area (Å²) < 4.78 is 5.37. The summed E-state index contributed by atoms with van der Waals surface area (Å²) in [5.41, 5.74) is 7.80. The van der Waals surface area contributed by atoms with Gasteiger partial charge in [0.15, 0.2) is 5.82 Å². The van der Waals surface area contributed by atoms with Gasteiger partial charge in [0, 0.05) is 18.5 Å². The third kappa shape index (κ3) is 3.29. The number of aryl methyl sites for hydroxylation is 1. The maximum absolute atomic E-state index is 5.46. The van der Waals surface area contributed by atoms with Gasteiger partial charge in [0.05, 0.1) is 13.7 Å². The van der Waals surface area contributed by atoms with Crippen molar-refractivity contribution < 1.29 is 4.74 Å². The molecule has 1 aromatic heterocycles. The predicted octanol–water partition coefficient (Wildman–Crippen LogP) is 0.794. The molecular formula is C13H19N5O. The van der Waals surface area contributed by atoms with Crippen LogP contribution in [0.2, 0.25) is 0 Å². The van der Waals surface area contributed by atoms with Crippen LogP contribution in [0, 0.1) is 0 Å². The summed E-state index contributed by atoms with van der Waals surface area (Å²) in [7, 11) is 1.67. The molecule has 2 N–H and O–H groups in total. The van der Waals surface area contributed by atoms with Gasteiger partial charge in [0.1, 0.15) is 5.75 Å². The number of tetrazole rings is 1. The molecule has 0 amide bonds. The van der Waals surface area contributed by atoms with Crippen molar-refractivity contribution in [2.45, 2.75) is 26.3 Å². The van der Waals surface area contributed by atoms with Crippen LogP contribution in [0.3, 0.4) is 0 Å². The number of rotatable bonds is 6. The van der Waals surface area contributed by atoms with Crippen LogP contribution >= 0.6 is 0 Å². The summed E-state index contributed by atoms with van der Waals surface area (Å²) in [6.45, 7) is 3.21. The largest absolute Gasteiger partial charge is 0.496 e. The van der Waals surface area contributed by atoms with Crippen LogP contribution in [-0.4, -0.2) is 33.9 Å². The second kappa shape index (κ2) is 6.29. The summed E-state index contributed by atoms with van der Waals surface area (Å²) in [5.74, 6) is 1.53. The van der Waals surface area contributed by atoms with E-state index in [-0.39, 0.29) is 0 Å². The van der Waals surface area contributed by atoms with E-state index in [4.69, 9.17) is 10.5 Å². The zero-order valence-corrected chi connectivity index (χ0v) is 11.3. The van der Waals surface area contributed by atoms with Gasteiger partial charge in [0.25, 0.3) is 0 Å². The molecule has 1 heterocycles. The number of nitrogens with zero attached hydrogens (tertiary/aromatic N) is 4. The van der Waals surface area contributed by atoms with Crippen molar-refractivity contribution in [2.24, 2.45) is 5.73 Å². The topological polar surface area (TPSA) is 78.9 Å². The lowest BCUT2D eigenvalue weighted by Gasteiger charge is -2.08. The van der Waals surface area contributed by atoms with Crippen molar-refractivity contribution in [3.05, 3.63) is 35.2 Å². The highest BCUT2D eigenvalue weighted by atomic mass is 16.5. The van der Waals surface area contributed by atoms with Crippen molar-refractivity contribution in [1.29, 1.82) is 0 Å². The minimum atomic E-state index is 0.504. The van der Waals surface area contributed by atoms with E-state index in [1.165, 1.54) is 10.4 Å². The molecule has 0 spiro atoms. The van der Waals surface area contributed by atoms with E-state index in [9.17, 15) is 0 Å². The first-order valence-corrected chi connectivity index (χ1v) is 6.39. The summed E-state index contributed by atoms with van der Waals surface area (Å²) in [6.07, 6.45) is 1.60. The lowest BCUT2D eigenvalue weighted by Crippen LogP contribution is -2.12. The summed E-state index contributed by atoms with van der Waals surface area (Å²) in [4.78, 5) is 1.52. The van der Waals surface area contributed by atoms with E-state index in [0.29, 0.717) is 25.3 Å². The Kier molecular flexibility index (Phi) is 4.46. The molecule has 0 unspecified atom stereocenters. The Morgan fingerprint density at radius 2 is 2.21 bits per heavy atom. The van der Waals surface area contributed by atoms with Gasteiger partial charge >= 0.3 is 0 Å². The third-order valence-corrected chi connectivity index (χ3v) is 2.92. The third-order valence-electron chi connectivity index (χ3n) is 2.92. The first kappa shape index (κ1) is 13.5. The van der Waals surface area contributed by atoms with Crippen molar-refractivity contribution in [3.63, 3.8) is 0 Å². The number of hydrogen-bond acceptors (Lipinski definition) is 5. The highest BCUT2D eigenvalue weighted by Gasteiger charge is 2.09. The Hall–Kier alpha value is -1.95. The number of methoxy groups -OCH3 is 1. The maximum atomic E-state index is 5.46. The standard InChI is InChI=1S/C13H19N5O/c1-3-10-4-5-12(19-2)11(8-10)9-13-15-17-18(16-13)7-6-14/h4-5,8H,3,6-7,9,14H2,1-2H3. The smallest absolute Gasteiger partial charge is 0.179 e. The molecule has 0 saturated heterocycles. The number of aromatic nitrogens is 4. The predicted molar refractivity (Wildman–Crippen MR) is 72.0 cm³/mol. The number of benzene rings is 1. The summed E-state index contributed by atoms with van der Waals surface area (Å²) in [6, 6.07) is 6.18. The molecule has 6 nitrogen and oxygen atoms in total. The molecule has 0 aliphatic rings. The van der Waals surface area contributed by atoms with Gasteiger partial charge in [-0.15, -0.1) is 10.2 Å². The van der Waals surface area contributed by atoms with E-state index in [2.05, 4.69) is 34.5 Å². The molecule has 2 rings (SSSR count). The number of nitrogens with two attached hydrogens (primary N) is 1. The first-order chi connectivity index (χ1) is 9.26. The molecule has 102 valence electrons. The fourth-order valence-corrected chi connectivity index (χ4v) is 1.92. The Labute approximate surface area is 112 Å². The molecule has 0 aliphatic carbocycles. The number of hydrogen-bond donors (Lipinski definition) is 1. The highest BCUT2D eigenvalue weighted by Crippen LogP contribution is 2.22. The van der Waals surface area contributed by atoms with Gasteiger partial charge in [-0.25, -0.2) is 0 Å². The van der Waals surface area contributed by atoms with E-state index in [1.54, 1.807) is 7.11 Å². The van der Waals surface area contributed by atoms with Gasteiger partial charge in [-0.3, -0.25) is 0 Å². The van der Waals surface area contributed by atoms with E-state index in [0.717, 1.165) is 17.7 Å². The second-order valence-corrected chi connectivity index (χ2v) is 4.27. The second-order valence-electron chi connectivity index (χ2n) is 4.27. The normalized spacial score (nSPS) is 10.7. The molecule has 6 heteroatoms. The molecule has 0 bridgehead atoms. The molecule has 1 aromatic carbocycles. The van der Waals surface area contributed by atoms with Crippen molar-refractivity contribution in [2.75, 3.05) is 13.7 Å². The average molecular weight is 261 g/mol. The molecule has 0 saturated carbocycles. The van der Waals surface area contributed by atoms with E-state index < -0.39 is 0 Å². The van der Waals surface area contributed by atoms with Crippen LogP contribution in [0.15, 0.2) is 18.2 Å². The molecule has 0 atom stereocenters. The zero-order valence-electron chi connectivity index (χ0n) is 11.3. The van der Waals surface area contributed by atoms with E-state index >= 15 is 0 Å². The molecule has 0 fully saturated rings. The summed E-state index contributed by atoms with van der Waals surface area (Å²) in [5, 5.41) is 12.3. The maximum Gasteiger partial charge on any atom is 0.179 e. The Balaban J connectivity index is 2.20. The Morgan fingerprint density at radius 1 is 1.37 bits per heavy atom. The number of ether oxygens (including phenoxy) is 1. The van der Waals surface area contributed by atoms with Crippen LogP contribution in [0.5, 0.6) is 5.75 Å². The van der Waals surface area contributed by atoms with Gasteiger partial charge < -0.3 is 10.5 Å². The minimum absolute atomic E-state index is 0.504. The lowest BCUT2D eigenvalue weighted by atomic mass is 10.1. The summed E-state index contributed by atoms with van der Waals surface area (Å²) >= 11 is 0. The molecule has 2 aromatic rings. The Morgan fingerprint density at radius 3 is 2.89 bits per heavy atom. The van der Waals surface area contributed by atoms with Crippen molar-refractivity contribution in [1.82, 2.24) is 20.2 Å². The van der Waals surface area contributed by atoms with Gasteiger partial charge in [-0.05, 0) is 23.3 Å². The average Bonchev–Trinajstić information content (AvgIpc) is 2.86. The quantitative estimate of drug-likeness (QED) is 0.831. The fourth-order valence-electron chi connectivity index (χ4n) is 1.92.